The van der Waals surface area contributed by atoms with Gasteiger partial charge in [-0.2, -0.15) is 15.0 Å². The summed E-state index contributed by atoms with van der Waals surface area (Å²) in [6, 6.07) is 0.146. The van der Waals surface area contributed by atoms with Crippen LogP contribution in [0.5, 0.6) is 0 Å². The predicted octanol–water partition coefficient (Wildman–Crippen LogP) is 2.59. The third-order valence-electron chi connectivity index (χ3n) is 2.83. The SMILES string of the molecule is C#CCC(CC)Nc1nc(Cl)nc(N(CC)CC)n1. The van der Waals surface area contributed by atoms with Crippen molar-refractivity contribution >= 4 is 23.5 Å². The fourth-order valence-corrected chi connectivity index (χ4v) is 1.83. The van der Waals surface area contributed by atoms with Gasteiger partial charge in [0.25, 0.3) is 0 Å². The van der Waals surface area contributed by atoms with E-state index < -0.39 is 0 Å². The molecule has 0 saturated carbocycles. The van der Waals surface area contributed by atoms with Gasteiger partial charge in [0.1, 0.15) is 0 Å². The van der Waals surface area contributed by atoms with Crippen molar-refractivity contribution in [3.63, 3.8) is 0 Å². The lowest BCUT2D eigenvalue weighted by atomic mass is 10.2. The average molecular weight is 282 g/mol. The van der Waals surface area contributed by atoms with E-state index in [1.54, 1.807) is 0 Å². The van der Waals surface area contributed by atoms with Gasteiger partial charge in [0, 0.05) is 25.6 Å². The van der Waals surface area contributed by atoms with E-state index in [1.807, 2.05) is 18.7 Å². The zero-order valence-electron chi connectivity index (χ0n) is 11.6. The van der Waals surface area contributed by atoms with Gasteiger partial charge in [-0.3, -0.25) is 0 Å². The second kappa shape index (κ2) is 7.80. The van der Waals surface area contributed by atoms with Crippen LogP contribution in [0, 0.1) is 12.3 Å². The maximum Gasteiger partial charge on any atom is 0.231 e. The van der Waals surface area contributed by atoms with Crippen LogP contribution < -0.4 is 10.2 Å². The molecule has 104 valence electrons. The number of hydrogen-bond acceptors (Lipinski definition) is 5. The average Bonchev–Trinajstić information content (AvgIpc) is 2.39. The van der Waals surface area contributed by atoms with Crippen molar-refractivity contribution in [1.82, 2.24) is 15.0 Å². The third kappa shape index (κ3) is 4.56. The maximum atomic E-state index is 5.94. The van der Waals surface area contributed by atoms with Crippen molar-refractivity contribution in [2.24, 2.45) is 0 Å². The summed E-state index contributed by atoms with van der Waals surface area (Å²) in [6.45, 7) is 7.78. The van der Waals surface area contributed by atoms with Gasteiger partial charge in [-0.25, -0.2) is 0 Å². The fourth-order valence-electron chi connectivity index (χ4n) is 1.67. The molecule has 0 amide bonds. The van der Waals surface area contributed by atoms with E-state index in [1.165, 1.54) is 0 Å². The van der Waals surface area contributed by atoms with Gasteiger partial charge in [-0.05, 0) is 31.9 Å². The minimum absolute atomic E-state index is 0.146. The number of terminal acetylenes is 1. The molecule has 1 heterocycles. The molecule has 1 N–H and O–H groups in total. The zero-order chi connectivity index (χ0) is 14.3. The van der Waals surface area contributed by atoms with Crippen molar-refractivity contribution in [2.75, 3.05) is 23.3 Å². The van der Waals surface area contributed by atoms with Crippen LogP contribution >= 0.6 is 11.6 Å². The molecule has 0 aliphatic heterocycles. The smallest absolute Gasteiger partial charge is 0.231 e. The predicted molar refractivity (Wildman–Crippen MR) is 79.5 cm³/mol. The van der Waals surface area contributed by atoms with Crippen molar-refractivity contribution < 1.29 is 0 Å². The molecule has 0 spiro atoms. The number of hydrogen-bond donors (Lipinski definition) is 1. The van der Waals surface area contributed by atoms with Crippen LogP contribution in [-0.4, -0.2) is 34.1 Å². The Labute approximate surface area is 119 Å². The van der Waals surface area contributed by atoms with Crippen LogP contribution in [0.1, 0.15) is 33.6 Å². The Morgan fingerprint density at radius 1 is 1.26 bits per heavy atom. The minimum Gasteiger partial charge on any atom is -0.350 e. The first-order chi connectivity index (χ1) is 9.14. The first-order valence-electron chi connectivity index (χ1n) is 6.51. The lowest BCUT2D eigenvalue weighted by Crippen LogP contribution is -2.26. The molecule has 0 aliphatic carbocycles. The van der Waals surface area contributed by atoms with Gasteiger partial charge in [0.05, 0.1) is 0 Å². The van der Waals surface area contributed by atoms with Crippen LogP contribution in [0.25, 0.3) is 0 Å². The normalized spacial score (nSPS) is 11.7. The quantitative estimate of drug-likeness (QED) is 0.779. The number of anilines is 2. The Bertz CT molecular complexity index is 439. The number of halogens is 1. The summed E-state index contributed by atoms with van der Waals surface area (Å²) in [4.78, 5) is 14.6. The van der Waals surface area contributed by atoms with Crippen LogP contribution in [0.15, 0.2) is 0 Å². The molecule has 0 radical (unpaired) electrons. The van der Waals surface area contributed by atoms with Crippen molar-refractivity contribution in [2.45, 2.75) is 39.7 Å². The van der Waals surface area contributed by atoms with Gasteiger partial charge in [-0.1, -0.05) is 6.92 Å². The number of nitrogens with one attached hydrogen (secondary N) is 1. The molecule has 1 aromatic heterocycles. The lowest BCUT2D eigenvalue weighted by molar-refractivity contribution is 0.703. The topological polar surface area (TPSA) is 53.9 Å². The number of rotatable bonds is 7. The van der Waals surface area contributed by atoms with E-state index in [4.69, 9.17) is 18.0 Å². The molecule has 1 unspecified atom stereocenters. The number of nitrogens with zero attached hydrogens (tertiary/aromatic N) is 4. The van der Waals surface area contributed by atoms with Gasteiger partial charge < -0.3 is 10.2 Å². The molecule has 1 aromatic rings. The molecule has 0 bridgehead atoms. The van der Waals surface area contributed by atoms with Gasteiger partial charge in [0.2, 0.25) is 17.2 Å². The second-order valence-electron chi connectivity index (χ2n) is 4.06. The molecule has 0 fully saturated rings. The van der Waals surface area contributed by atoms with E-state index in [-0.39, 0.29) is 11.3 Å². The van der Waals surface area contributed by atoms with Crippen LogP contribution in [-0.2, 0) is 0 Å². The summed E-state index contributed by atoms with van der Waals surface area (Å²) in [7, 11) is 0. The second-order valence-corrected chi connectivity index (χ2v) is 4.40. The van der Waals surface area contributed by atoms with E-state index in [2.05, 4.69) is 33.1 Å². The molecule has 0 saturated heterocycles. The largest absolute Gasteiger partial charge is 0.350 e. The highest BCUT2D eigenvalue weighted by Crippen LogP contribution is 2.15. The van der Waals surface area contributed by atoms with E-state index in [0.717, 1.165) is 19.5 Å². The monoisotopic (exact) mass is 281 g/mol. The zero-order valence-corrected chi connectivity index (χ0v) is 12.4. The van der Waals surface area contributed by atoms with E-state index in [9.17, 15) is 0 Å². The highest BCUT2D eigenvalue weighted by Gasteiger charge is 2.12. The lowest BCUT2D eigenvalue weighted by Gasteiger charge is -2.20. The summed E-state index contributed by atoms with van der Waals surface area (Å²) < 4.78 is 0. The van der Waals surface area contributed by atoms with Crippen molar-refractivity contribution in [3.8, 4) is 12.3 Å². The highest BCUT2D eigenvalue weighted by molar-refractivity contribution is 6.28. The molecular weight excluding hydrogens is 262 g/mol. The molecule has 0 aromatic carbocycles. The van der Waals surface area contributed by atoms with E-state index >= 15 is 0 Å². The highest BCUT2D eigenvalue weighted by atomic mass is 35.5. The molecule has 6 heteroatoms. The van der Waals surface area contributed by atoms with Gasteiger partial charge >= 0.3 is 0 Å². The summed E-state index contributed by atoms with van der Waals surface area (Å²) in [6.07, 6.45) is 6.85. The van der Waals surface area contributed by atoms with Crippen LogP contribution in [0.4, 0.5) is 11.9 Å². The minimum atomic E-state index is 0.146. The molecule has 1 rings (SSSR count). The molecule has 1 atom stereocenters. The summed E-state index contributed by atoms with van der Waals surface area (Å²) in [5.74, 6) is 3.70. The summed E-state index contributed by atoms with van der Waals surface area (Å²) in [5, 5.41) is 3.39. The summed E-state index contributed by atoms with van der Waals surface area (Å²) in [5.41, 5.74) is 0. The Morgan fingerprint density at radius 3 is 2.47 bits per heavy atom. The number of aromatic nitrogens is 3. The molecule has 5 nitrogen and oxygen atoms in total. The molecular formula is C13H20ClN5. The van der Waals surface area contributed by atoms with Crippen molar-refractivity contribution in [3.05, 3.63) is 5.28 Å². The third-order valence-corrected chi connectivity index (χ3v) is 3.00. The Kier molecular flexibility index (Phi) is 6.37. The summed E-state index contributed by atoms with van der Waals surface area (Å²) >= 11 is 5.94. The Morgan fingerprint density at radius 2 is 1.95 bits per heavy atom. The standard InChI is InChI=1S/C13H20ClN5/c1-5-9-10(6-2)15-12-16-11(14)17-13(18-12)19(7-3)8-4/h1,10H,6-9H2,2-4H3,(H,15,16,17,18). The van der Waals surface area contributed by atoms with Crippen LogP contribution in [0.3, 0.4) is 0 Å². The Hall–Kier alpha value is -1.54. The van der Waals surface area contributed by atoms with Gasteiger partial charge in [-0.15, -0.1) is 12.3 Å². The first-order valence-corrected chi connectivity index (χ1v) is 6.88. The fraction of sp³-hybridized carbons (Fsp3) is 0.615. The molecule has 0 aliphatic rings. The van der Waals surface area contributed by atoms with Crippen LogP contribution in [0.2, 0.25) is 5.28 Å². The van der Waals surface area contributed by atoms with Crippen molar-refractivity contribution in [1.29, 1.82) is 0 Å². The van der Waals surface area contributed by atoms with E-state index in [0.29, 0.717) is 18.3 Å². The Balaban J connectivity index is 2.93. The maximum absolute atomic E-state index is 5.94. The first kappa shape index (κ1) is 15.5. The molecule has 19 heavy (non-hydrogen) atoms. The van der Waals surface area contributed by atoms with Gasteiger partial charge in [0.15, 0.2) is 0 Å².